The number of rotatable bonds is 8. The summed E-state index contributed by atoms with van der Waals surface area (Å²) in [5.74, 6) is 0.830. The Morgan fingerprint density at radius 3 is 2.87 bits per heavy atom. The van der Waals surface area contributed by atoms with Crippen LogP contribution in [0.15, 0.2) is 30.5 Å². The highest BCUT2D eigenvalue weighted by Crippen LogP contribution is 2.34. The van der Waals surface area contributed by atoms with Crippen molar-refractivity contribution >= 4 is 29.7 Å². The van der Waals surface area contributed by atoms with Crippen molar-refractivity contribution in [2.75, 3.05) is 32.2 Å². The van der Waals surface area contributed by atoms with Crippen LogP contribution >= 0.6 is 24.0 Å². The zero-order valence-electron chi connectivity index (χ0n) is 13.2. The Morgan fingerprint density at radius 2 is 2.17 bits per heavy atom. The lowest BCUT2D eigenvalue weighted by Crippen LogP contribution is -2.27. The van der Waals surface area contributed by atoms with Gasteiger partial charge in [-0.05, 0) is 37.1 Å². The van der Waals surface area contributed by atoms with E-state index in [0.29, 0.717) is 6.42 Å². The highest BCUT2D eigenvalue weighted by atomic mass is 127. The van der Waals surface area contributed by atoms with E-state index in [2.05, 4.69) is 27.2 Å². The van der Waals surface area contributed by atoms with Crippen LogP contribution in [0, 0.1) is 10.1 Å². The Labute approximate surface area is 152 Å². The average molecular weight is 435 g/mol. The maximum atomic E-state index is 10.0. The molecule has 0 saturated carbocycles. The Bertz CT molecular complexity index is 554. The number of anilines is 1. The number of benzene rings is 1. The van der Waals surface area contributed by atoms with Crippen molar-refractivity contribution in [2.45, 2.75) is 18.9 Å². The van der Waals surface area contributed by atoms with Gasteiger partial charge in [0.2, 0.25) is 0 Å². The molecule has 1 aromatic rings. The van der Waals surface area contributed by atoms with Crippen molar-refractivity contribution in [3.63, 3.8) is 0 Å². The molecule has 1 aliphatic rings. The van der Waals surface area contributed by atoms with Crippen molar-refractivity contribution in [2.24, 2.45) is 0 Å². The summed E-state index contributed by atoms with van der Waals surface area (Å²) in [4.78, 5) is 16.4. The minimum Gasteiger partial charge on any atom is -0.497 e. The lowest BCUT2D eigenvalue weighted by atomic mass is 10.0. The first-order valence-electron chi connectivity index (χ1n) is 7.21. The third kappa shape index (κ3) is 5.54. The van der Waals surface area contributed by atoms with Crippen LogP contribution < -0.4 is 15.0 Å². The van der Waals surface area contributed by atoms with Crippen molar-refractivity contribution in [1.29, 1.82) is 0 Å². The fourth-order valence-corrected chi connectivity index (χ4v) is 2.42. The maximum Gasteiger partial charge on any atom is 0.294 e. The zero-order valence-corrected chi connectivity index (χ0v) is 15.6. The monoisotopic (exact) mass is 435 g/mol. The second-order valence-corrected chi connectivity index (χ2v) is 5.07. The zero-order chi connectivity index (χ0) is 15.9. The van der Waals surface area contributed by atoms with Crippen LogP contribution in [0.5, 0.6) is 5.75 Å². The van der Waals surface area contributed by atoms with Gasteiger partial charge in [-0.2, -0.15) is 0 Å². The molecule has 0 aromatic heterocycles. The summed E-state index contributed by atoms with van der Waals surface area (Å²) in [6, 6.07) is 6.15. The van der Waals surface area contributed by atoms with Gasteiger partial charge in [0.15, 0.2) is 0 Å². The lowest BCUT2D eigenvalue weighted by molar-refractivity contribution is -0.757. The van der Waals surface area contributed by atoms with Gasteiger partial charge in [0, 0.05) is 25.0 Å². The number of hydrogen-bond acceptors (Lipinski definition) is 6. The van der Waals surface area contributed by atoms with Crippen LogP contribution in [-0.4, -0.2) is 32.4 Å². The van der Waals surface area contributed by atoms with E-state index in [0.717, 1.165) is 24.4 Å². The molecule has 0 aliphatic carbocycles. The molecule has 2 rings (SSSR count). The van der Waals surface area contributed by atoms with E-state index in [-0.39, 0.29) is 36.6 Å². The molecule has 1 aromatic carbocycles. The molecule has 128 valence electrons. The topological polar surface area (TPSA) is 76.9 Å². The number of hydrogen-bond donors (Lipinski definition) is 1. The molecule has 0 amide bonds. The highest BCUT2D eigenvalue weighted by molar-refractivity contribution is 14.0. The fourth-order valence-electron chi connectivity index (χ4n) is 2.42. The summed E-state index contributed by atoms with van der Waals surface area (Å²) in [6.45, 7) is 0.914. The van der Waals surface area contributed by atoms with Gasteiger partial charge in [-0.25, -0.2) is 0 Å². The summed E-state index contributed by atoms with van der Waals surface area (Å²) in [7, 11) is 3.66. The number of unbranched alkanes of at least 4 members (excludes halogenated alkanes) is 1. The third-order valence-electron chi connectivity index (χ3n) is 3.59. The lowest BCUT2D eigenvalue weighted by Gasteiger charge is -2.29. The van der Waals surface area contributed by atoms with Crippen molar-refractivity contribution in [1.82, 2.24) is 5.32 Å². The quantitative estimate of drug-likeness (QED) is 0.293. The second kappa shape index (κ2) is 9.56. The molecule has 0 fully saturated rings. The molecular weight excluding hydrogens is 413 g/mol. The molecule has 23 heavy (non-hydrogen) atoms. The van der Waals surface area contributed by atoms with Gasteiger partial charge in [-0.1, -0.05) is 6.07 Å². The van der Waals surface area contributed by atoms with Crippen molar-refractivity contribution in [3.8, 4) is 5.75 Å². The van der Waals surface area contributed by atoms with Gasteiger partial charge < -0.3 is 19.8 Å². The number of halogens is 1. The van der Waals surface area contributed by atoms with Crippen molar-refractivity contribution < 1.29 is 14.7 Å². The minimum atomic E-state index is -0.753. The SMILES string of the molecule is COc1ccc2c(c1)N(C)C=CC2NCCCCO[N+](=O)[O-].I. The van der Waals surface area contributed by atoms with Crippen LogP contribution in [0.4, 0.5) is 5.69 Å². The summed E-state index contributed by atoms with van der Waals surface area (Å²) in [5.41, 5.74) is 2.29. The summed E-state index contributed by atoms with van der Waals surface area (Å²) in [6.07, 6.45) is 5.59. The van der Waals surface area contributed by atoms with E-state index in [9.17, 15) is 10.1 Å². The van der Waals surface area contributed by atoms with Crippen molar-refractivity contribution in [3.05, 3.63) is 46.2 Å². The average Bonchev–Trinajstić information content (AvgIpc) is 2.52. The fraction of sp³-hybridized carbons (Fsp3) is 0.467. The summed E-state index contributed by atoms with van der Waals surface area (Å²) in [5, 5.41) is 12.7. The van der Waals surface area contributed by atoms with Gasteiger partial charge in [-0.3, -0.25) is 0 Å². The highest BCUT2D eigenvalue weighted by Gasteiger charge is 2.19. The summed E-state index contributed by atoms with van der Waals surface area (Å²) >= 11 is 0. The first-order valence-corrected chi connectivity index (χ1v) is 7.21. The molecule has 7 nitrogen and oxygen atoms in total. The van der Waals surface area contributed by atoms with Crippen LogP contribution in [-0.2, 0) is 4.84 Å². The largest absolute Gasteiger partial charge is 0.497 e. The molecule has 1 unspecified atom stereocenters. The predicted octanol–water partition coefficient (Wildman–Crippen LogP) is 2.90. The Morgan fingerprint density at radius 1 is 1.39 bits per heavy atom. The number of nitrogens with zero attached hydrogens (tertiary/aromatic N) is 2. The standard InChI is InChI=1S/C15H21N3O4.HI/c1-17-9-7-14(16-8-3-4-10-22-18(19)20)13-6-5-12(21-2)11-15(13)17;/h5-7,9,11,14,16H,3-4,8,10H2,1-2H3;1H. The molecule has 0 bridgehead atoms. The summed E-state index contributed by atoms with van der Waals surface area (Å²) < 4.78 is 5.27. The van der Waals surface area contributed by atoms with Crippen LogP contribution in [0.25, 0.3) is 0 Å². The number of nitrogens with one attached hydrogen (secondary N) is 1. The Hall–Kier alpha value is -1.55. The van der Waals surface area contributed by atoms with E-state index in [1.807, 2.05) is 25.4 Å². The normalized spacial score (nSPS) is 15.6. The van der Waals surface area contributed by atoms with E-state index >= 15 is 0 Å². The van der Waals surface area contributed by atoms with Crippen LogP contribution in [0.2, 0.25) is 0 Å². The Kier molecular flexibility index (Phi) is 8.10. The molecule has 1 heterocycles. The third-order valence-corrected chi connectivity index (χ3v) is 3.59. The molecule has 1 N–H and O–H groups in total. The van der Waals surface area contributed by atoms with Gasteiger partial charge in [0.1, 0.15) is 5.75 Å². The molecule has 0 radical (unpaired) electrons. The van der Waals surface area contributed by atoms with Crippen LogP contribution in [0.1, 0.15) is 24.4 Å². The molecule has 1 aliphatic heterocycles. The first-order chi connectivity index (χ1) is 10.6. The van der Waals surface area contributed by atoms with E-state index in [1.54, 1.807) is 7.11 Å². The first kappa shape index (κ1) is 19.5. The maximum absolute atomic E-state index is 10.0. The molecular formula is C15H22IN3O4. The van der Waals surface area contributed by atoms with Gasteiger partial charge in [-0.15, -0.1) is 34.1 Å². The molecule has 1 atom stereocenters. The van der Waals surface area contributed by atoms with Crippen LogP contribution in [0.3, 0.4) is 0 Å². The number of fused-ring (bicyclic) bond motifs is 1. The van der Waals surface area contributed by atoms with E-state index in [4.69, 9.17) is 4.74 Å². The number of ether oxygens (including phenoxy) is 1. The molecule has 0 saturated heterocycles. The van der Waals surface area contributed by atoms with E-state index in [1.165, 1.54) is 5.56 Å². The number of methoxy groups -OCH3 is 1. The molecule has 0 spiro atoms. The minimum absolute atomic E-state index is 0. The van der Waals surface area contributed by atoms with Gasteiger partial charge in [0.05, 0.1) is 19.8 Å². The smallest absolute Gasteiger partial charge is 0.294 e. The van der Waals surface area contributed by atoms with Gasteiger partial charge in [0.25, 0.3) is 5.09 Å². The molecule has 8 heteroatoms. The Balaban J connectivity index is 0.00000264. The van der Waals surface area contributed by atoms with E-state index < -0.39 is 5.09 Å². The van der Waals surface area contributed by atoms with Gasteiger partial charge >= 0.3 is 0 Å². The predicted molar refractivity (Wildman–Crippen MR) is 98.9 cm³/mol. The second-order valence-electron chi connectivity index (χ2n) is 5.07.